The number of rotatable bonds is 5. The van der Waals surface area contributed by atoms with Gasteiger partial charge in [0.1, 0.15) is 10.8 Å². The predicted molar refractivity (Wildman–Crippen MR) is 83.5 cm³/mol. The van der Waals surface area contributed by atoms with E-state index in [4.69, 9.17) is 0 Å². The second kappa shape index (κ2) is 6.12. The van der Waals surface area contributed by atoms with Crippen LogP contribution in [0.4, 0.5) is 0 Å². The highest BCUT2D eigenvalue weighted by atomic mass is 32.2. The number of aromatic nitrogens is 1. The van der Waals surface area contributed by atoms with Gasteiger partial charge in [0.05, 0.1) is 5.69 Å². The van der Waals surface area contributed by atoms with Gasteiger partial charge in [-0.1, -0.05) is 26.7 Å². The van der Waals surface area contributed by atoms with Crippen molar-refractivity contribution in [3.05, 3.63) is 16.1 Å². The quantitative estimate of drug-likeness (QED) is 0.907. The lowest BCUT2D eigenvalue weighted by molar-refractivity contribution is 0.166. The van der Waals surface area contributed by atoms with E-state index in [2.05, 4.69) is 24.1 Å². The van der Waals surface area contributed by atoms with Gasteiger partial charge in [-0.25, -0.2) is 13.4 Å². The summed E-state index contributed by atoms with van der Waals surface area (Å²) < 4.78 is 22.5. The summed E-state index contributed by atoms with van der Waals surface area (Å²) in [6, 6.07) is 0.524. The summed E-state index contributed by atoms with van der Waals surface area (Å²) in [6.45, 7) is 5.37. The number of sulfone groups is 1. The van der Waals surface area contributed by atoms with Crippen molar-refractivity contribution in [3.63, 3.8) is 0 Å². The number of nitrogens with zero attached hydrogens (tertiary/aromatic N) is 1. The van der Waals surface area contributed by atoms with Crippen LogP contribution in [0.1, 0.15) is 50.2 Å². The van der Waals surface area contributed by atoms with Gasteiger partial charge in [-0.05, 0) is 18.3 Å². The molecule has 1 heterocycles. The van der Waals surface area contributed by atoms with Crippen LogP contribution in [0.2, 0.25) is 0 Å². The Balaban J connectivity index is 1.91. The Labute approximate surface area is 125 Å². The molecule has 0 unspecified atom stereocenters. The van der Waals surface area contributed by atoms with Crippen molar-refractivity contribution in [1.82, 2.24) is 10.3 Å². The van der Waals surface area contributed by atoms with Gasteiger partial charge < -0.3 is 5.32 Å². The molecule has 1 aromatic rings. The Bertz CT molecular complexity index is 549. The SMILES string of the molecule is CC1(C)CCCC[C@@H]1NCc1csc(CS(C)(=O)=O)n1. The molecular weight excluding hydrogens is 292 g/mol. The van der Waals surface area contributed by atoms with E-state index in [1.807, 2.05) is 5.38 Å². The molecule has 1 aliphatic rings. The van der Waals surface area contributed by atoms with Gasteiger partial charge in [-0.2, -0.15) is 0 Å². The van der Waals surface area contributed by atoms with Crippen LogP contribution >= 0.6 is 11.3 Å². The average molecular weight is 316 g/mol. The molecule has 1 N–H and O–H groups in total. The van der Waals surface area contributed by atoms with E-state index in [9.17, 15) is 8.42 Å². The molecule has 6 heteroatoms. The van der Waals surface area contributed by atoms with Crippen molar-refractivity contribution in [1.29, 1.82) is 0 Å². The minimum atomic E-state index is -2.99. The Morgan fingerprint density at radius 1 is 1.45 bits per heavy atom. The summed E-state index contributed by atoms with van der Waals surface area (Å²) in [5, 5.41) is 6.25. The summed E-state index contributed by atoms with van der Waals surface area (Å²) in [4.78, 5) is 4.40. The highest BCUT2D eigenvalue weighted by Gasteiger charge is 2.31. The van der Waals surface area contributed by atoms with Crippen LogP contribution in [0, 0.1) is 5.41 Å². The second-order valence-electron chi connectivity index (χ2n) is 6.47. The molecule has 0 spiro atoms. The molecule has 1 aromatic heterocycles. The van der Waals surface area contributed by atoms with Gasteiger partial charge >= 0.3 is 0 Å². The van der Waals surface area contributed by atoms with E-state index in [1.165, 1.54) is 43.3 Å². The van der Waals surface area contributed by atoms with Crippen LogP contribution in [-0.4, -0.2) is 25.7 Å². The lowest BCUT2D eigenvalue weighted by Crippen LogP contribution is -2.43. The third-order valence-electron chi connectivity index (χ3n) is 4.02. The number of hydrogen-bond donors (Lipinski definition) is 1. The summed E-state index contributed by atoms with van der Waals surface area (Å²) in [5.74, 6) is 0.0482. The summed E-state index contributed by atoms with van der Waals surface area (Å²) >= 11 is 1.43. The Morgan fingerprint density at radius 2 is 2.20 bits per heavy atom. The molecule has 0 aromatic carbocycles. The minimum absolute atomic E-state index is 0.0482. The third-order valence-corrected chi connectivity index (χ3v) is 5.90. The van der Waals surface area contributed by atoms with Gasteiger partial charge in [-0.15, -0.1) is 11.3 Å². The summed E-state index contributed by atoms with van der Waals surface area (Å²) in [6.07, 6.45) is 6.34. The zero-order valence-electron chi connectivity index (χ0n) is 12.5. The third kappa shape index (κ3) is 4.53. The van der Waals surface area contributed by atoms with E-state index in [0.29, 0.717) is 16.5 Å². The zero-order chi connectivity index (χ0) is 14.8. The van der Waals surface area contributed by atoms with E-state index < -0.39 is 9.84 Å². The number of hydrogen-bond acceptors (Lipinski definition) is 5. The van der Waals surface area contributed by atoms with E-state index in [0.717, 1.165) is 12.2 Å². The van der Waals surface area contributed by atoms with E-state index in [1.54, 1.807) is 0 Å². The van der Waals surface area contributed by atoms with Crippen LogP contribution < -0.4 is 5.32 Å². The highest BCUT2D eigenvalue weighted by Crippen LogP contribution is 2.35. The van der Waals surface area contributed by atoms with Crippen molar-refractivity contribution in [2.75, 3.05) is 6.26 Å². The van der Waals surface area contributed by atoms with Gasteiger partial charge in [-0.3, -0.25) is 0 Å². The van der Waals surface area contributed by atoms with Crippen molar-refractivity contribution in [3.8, 4) is 0 Å². The Hall–Kier alpha value is -0.460. The van der Waals surface area contributed by atoms with Crippen LogP contribution in [0.3, 0.4) is 0 Å². The molecule has 0 bridgehead atoms. The molecule has 2 rings (SSSR count). The largest absolute Gasteiger partial charge is 0.308 e. The molecule has 4 nitrogen and oxygen atoms in total. The highest BCUT2D eigenvalue weighted by molar-refractivity contribution is 7.90. The fourth-order valence-corrected chi connectivity index (χ4v) is 4.83. The summed E-state index contributed by atoms with van der Waals surface area (Å²) in [5.41, 5.74) is 1.29. The van der Waals surface area contributed by atoms with Crippen molar-refractivity contribution < 1.29 is 8.42 Å². The molecule has 0 aliphatic heterocycles. The van der Waals surface area contributed by atoms with Gasteiger partial charge in [0.25, 0.3) is 0 Å². The molecule has 0 amide bonds. The smallest absolute Gasteiger partial charge is 0.153 e. The predicted octanol–water partition coefficient (Wildman–Crippen LogP) is 2.75. The van der Waals surface area contributed by atoms with Crippen molar-refractivity contribution >= 4 is 21.2 Å². The topological polar surface area (TPSA) is 59.1 Å². The van der Waals surface area contributed by atoms with Crippen LogP contribution in [0.15, 0.2) is 5.38 Å². The van der Waals surface area contributed by atoms with Crippen molar-refractivity contribution in [2.24, 2.45) is 5.41 Å². The molecule has 0 radical (unpaired) electrons. The van der Waals surface area contributed by atoms with Crippen LogP contribution in [-0.2, 0) is 22.1 Å². The maximum absolute atomic E-state index is 11.3. The average Bonchev–Trinajstić information content (AvgIpc) is 2.72. The fourth-order valence-electron chi connectivity index (χ4n) is 2.82. The van der Waals surface area contributed by atoms with Crippen LogP contribution in [0.5, 0.6) is 0 Å². The summed E-state index contributed by atoms with van der Waals surface area (Å²) in [7, 11) is -2.99. The maximum atomic E-state index is 11.3. The normalized spacial score (nSPS) is 22.9. The fraction of sp³-hybridized carbons (Fsp3) is 0.786. The monoisotopic (exact) mass is 316 g/mol. The van der Waals surface area contributed by atoms with E-state index in [-0.39, 0.29) is 5.75 Å². The second-order valence-corrected chi connectivity index (χ2v) is 9.55. The lowest BCUT2D eigenvalue weighted by atomic mass is 9.73. The standard InChI is InChI=1S/C14H24N2O2S2/c1-14(2)7-5-4-6-12(14)15-8-11-9-19-13(16-11)10-20(3,17)18/h9,12,15H,4-8,10H2,1-3H3/t12-/m0/s1. The van der Waals surface area contributed by atoms with E-state index >= 15 is 0 Å². The lowest BCUT2D eigenvalue weighted by Gasteiger charge is -2.39. The first-order chi connectivity index (χ1) is 9.26. The van der Waals surface area contributed by atoms with Gasteiger partial charge in [0, 0.05) is 24.2 Å². The zero-order valence-corrected chi connectivity index (χ0v) is 14.1. The van der Waals surface area contributed by atoms with Crippen molar-refractivity contribution in [2.45, 2.75) is 57.9 Å². The number of nitrogens with one attached hydrogen (secondary N) is 1. The van der Waals surface area contributed by atoms with Gasteiger partial charge in [0.15, 0.2) is 9.84 Å². The Morgan fingerprint density at radius 3 is 2.85 bits per heavy atom. The molecule has 1 aliphatic carbocycles. The Kier molecular flexibility index (Phi) is 4.87. The molecule has 0 saturated heterocycles. The van der Waals surface area contributed by atoms with Gasteiger partial charge in [0.2, 0.25) is 0 Å². The molecule has 1 atom stereocenters. The molecule has 20 heavy (non-hydrogen) atoms. The maximum Gasteiger partial charge on any atom is 0.153 e. The van der Waals surface area contributed by atoms with Crippen LogP contribution in [0.25, 0.3) is 0 Å². The number of thiazole rings is 1. The molecule has 1 saturated carbocycles. The first-order valence-corrected chi connectivity index (χ1v) is 10.0. The first-order valence-electron chi connectivity index (χ1n) is 7.11. The minimum Gasteiger partial charge on any atom is -0.308 e. The first kappa shape index (κ1) is 15.9. The molecule has 114 valence electrons. The molecule has 1 fully saturated rings. The molecular formula is C14H24N2O2S2.